The maximum Gasteiger partial charge on any atom is 0.188 e. The molecule has 0 unspecified atom stereocenters. The van der Waals surface area contributed by atoms with Crippen LogP contribution in [0.4, 0.5) is 0 Å². The van der Waals surface area contributed by atoms with Crippen LogP contribution in [0.15, 0.2) is 4.99 Å². The van der Waals surface area contributed by atoms with Gasteiger partial charge in [0.1, 0.15) is 0 Å². The highest BCUT2D eigenvalue weighted by Crippen LogP contribution is 2.09. The number of aliphatic imine (C=N–C) groups is 1. The lowest BCUT2D eigenvalue weighted by Crippen LogP contribution is -2.35. The van der Waals surface area contributed by atoms with Crippen LogP contribution in [0.2, 0.25) is 0 Å². The number of unbranched alkanes of at least 4 members (excludes halogenated alkanes) is 10. The molecule has 0 aromatic carbocycles. The minimum Gasteiger partial charge on any atom is -0.370 e. The molecule has 150 valence electrons. The van der Waals surface area contributed by atoms with E-state index in [1.54, 1.807) is 7.05 Å². The van der Waals surface area contributed by atoms with Crippen molar-refractivity contribution in [3.8, 4) is 0 Å². The van der Waals surface area contributed by atoms with Crippen LogP contribution in [0.5, 0.6) is 0 Å². The highest BCUT2D eigenvalue weighted by molar-refractivity contribution is 5.77. The zero-order chi connectivity index (χ0) is 18.6. The topological polar surface area (TPSA) is 53.6 Å². The van der Waals surface area contributed by atoms with E-state index in [0.717, 1.165) is 13.0 Å². The minimum atomic E-state index is 0.554. The summed E-state index contributed by atoms with van der Waals surface area (Å²) in [7, 11) is 1.73. The van der Waals surface area contributed by atoms with Crippen LogP contribution in [0.1, 0.15) is 97.3 Å². The molecule has 0 bridgehead atoms. The molecule has 0 radical (unpaired) electrons. The summed E-state index contributed by atoms with van der Waals surface area (Å²) in [4.78, 5) is 6.61. The number of nitrogens with two attached hydrogens (primary N) is 1. The normalized spacial score (nSPS) is 12.1. The molecular formula is C21H46N4. The van der Waals surface area contributed by atoms with Gasteiger partial charge in [0.2, 0.25) is 0 Å². The first-order valence-corrected chi connectivity index (χ1v) is 10.9. The van der Waals surface area contributed by atoms with E-state index in [9.17, 15) is 0 Å². The van der Waals surface area contributed by atoms with Crippen molar-refractivity contribution in [2.45, 2.75) is 97.3 Å². The molecule has 25 heavy (non-hydrogen) atoms. The highest BCUT2D eigenvalue weighted by Gasteiger charge is 2.05. The Balaban J connectivity index is 3.87. The molecule has 4 heteroatoms. The summed E-state index contributed by atoms with van der Waals surface area (Å²) in [5.41, 5.74) is 5.69. The lowest BCUT2D eigenvalue weighted by atomic mass is 10.1. The Labute approximate surface area is 158 Å². The van der Waals surface area contributed by atoms with Crippen molar-refractivity contribution in [2.24, 2.45) is 10.7 Å². The Morgan fingerprint density at radius 1 is 0.720 bits per heavy atom. The van der Waals surface area contributed by atoms with Gasteiger partial charge in [-0.15, -0.1) is 0 Å². The largest absolute Gasteiger partial charge is 0.370 e. The highest BCUT2D eigenvalue weighted by atomic mass is 15.1. The number of hydrogen-bond acceptors (Lipinski definition) is 2. The summed E-state index contributed by atoms with van der Waals surface area (Å²) in [6.07, 6.45) is 17.7. The number of nitrogens with one attached hydrogen (secondary N) is 1. The smallest absolute Gasteiger partial charge is 0.188 e. The molecular weight excluding hydrogens is 308 g/mol. The molecule has 4 nitrogen and oxygen atoms in total. The van der Waals surface area contributed by atoms with Crippen LogP contribution in [-0.2, 0) is 0 Å². The molecule has 0 aliphatic heterocycles. The third kappa shape index (κ3) is 17.8. The van der Waals surface area contributed by atoms with Gasteiger partial charge in [0, 0.05) is 13.6 Å². The zero-order valence-corrected chi connectivity index (χ0v) is 17.5. The Hall–Kier alpha value is -0.770. The van der Waals surface area contributed by atoms with E-state index < -0.39 is 0 Å². The summed E-state index contributed by atoms with van der Waals surface area (Å²) in [5.74, 6) is 0.554. The minimum absolute atomic E-state index is 0.554. The van der Waals surface area contributed by atoms with Gasteiger partial charge in [-0.25, -0.2) is 0 Å². The maximum atomic E-state index is 5.69. The monoisotopic (exact) mass is 354 g/mol. The Morgan fingerprint density at radius 2 is 1.16 bits per heavy atom. The number of rotatable bonds is 18. The summed E-state index contributed by atoms with van der Waals surface area (Å²) in [6, 6.07) is 0. The molecule has 0 rings (SSSR count). The van der Waals surface area contributed by atoms with Crippen molar-refractivity contribution in [1.29, 1.82) is 0 Å². The van der Waals surface area contributed by atoms with Gasteiger partial charge in [0.15, 0.2) is 5.96 Å². The number of hydrogen-bond donors (Lipinski definition) is 2. The van der Waals surface area contributed by atoms with Gasteiger partial charge in [-0.2, -0.15) is 0 Å². The molecule has 0 amide bonds. The Morgan fingerprint density at radius 3 is 1.64 bits per heavy atom. The first kappa shape index (κ1) is 24.2. The predicted molar refractivity (Wildman–Crippen MR) is 113 cm³/mol. The molecule has 0 heterocycles. The van der Waals surface area contributed by atoms with Gasteiger partial charge in [0.25, 0.3) is 0 Å². The second kappa shape index (κ2) is 19.6. The average molecular weight is 355 g/mol. The van der Waals surface area contributed by atoms with E-state index in [1.807, 2.05) is 0 Å². The van der Waals surface area contributed by atoms with E-state index in [1.165, 1.54) is 96.7 Å². The van der Waals surface area contributed by atoms with Gasteiger partial charge in [0.05, 0.1) is 0 Å². The average Bonchev–Trinajstić information content (AvgIpc) is 2.63. The molecule has 0 aliphatic carbocycles. The first-order valence-electron chi connectivity index (χ1n) is 10.9. The zero-order valence-electron chi connectivity index (χ0n) is 17.5. The van der Waals surface area contributed by atoms with Crippen molar-refractivity contribution >= 4 is 5.96 Å². The summed E-state index contributed by atoms with van der Waals surface area (Å²) >= 11 is 0. The van der Waals surface area contributed by atoms with E-state index in [0.29, 0.717) is 5.96 Å². The molecule has 0 fully saturated rings. The van der Waals surface area contributed by atoms with Crippen molar-refractivity contribution in [3.63, 3.8) is 0 Å². The molecule has 0 aliphatic rings. The molecule has 0 atom stereocenters. The van der Waals surface area contributed by atoms with Crippen LogP contribution in [0.25, 0.3) is 0 Å². The molecule has 3 N–H and O–H groups in total. The Kier molecular flexibility index (Phi) is 19.0. The molecule has 0 aromatic heterocycles. The van der Waals surface area contributed by atoms with Crippen molar-refractivity contribution in [2.75, 3.05) is 33.2 Å². The van der Waals surface area contributed by atoms with Crippen LogP contribution < -0.4 is 11.1 Å². The summed E-state index contributed by atoms with van der Waals surface area (Å²) < 4.78 is 0. The van der Waals surface area contributed by atoms with Crippen molar-refractivity contribution in [1.82, 2.24) is 10.2 Å². The molecule has 0 aromatic rings. The Bertz CT molecular complexity index is 276. The van der Waals surface area contributed by atoms with E-state index in [2.05, 4.69) is 29.1 Å². The fourth-order valence-electron chi connectivity index (χ4n) is 3.17. The van der Waals surface area contributed by atoms with Crippen molar-refractivity contribution in [3.05, 3.63) is 0 Å². The fourth-order valence-corrected chi connectivity index (χ4v) is 3.17. The number of guanidine groups is 1. The fraction of sp³-hybridized carbons (Fsp3) is 0.952. The first-order chi connectivity index (χ1) is 12.2. The van der Waals surface area contributed by atoms with Crippen LogP contribution in [-0.4, -0.2) is 44.1 Å². The SMILES string of the molecule is CCCCCCCCN(CCCCCCCC)CCCNC(N)=NC. The van der Waals surface area contributed by atoms with E-state index >= 15 is 0 Å². The maximum absolute atomic E-state index is 5.69. The second-order valence-electron chi connectivity index (χ2n) is 7.27. The third-order valence-corrected chi connectivity index (χ3v) is 4.85. The standard InChI is InChI=1S/C21H46N4/c1-4-6-8-10-12-14-18-25(19-15-13-11-9-7-5-2)20-16-17-24-21(22)23-3/h4-20H2,1-3H3,(H3,22,23,24). The quantitative estimate of drug-likeness (QED) is 0.208. The number of nitrogens with zero attached hydrogens (tertiary/aromatic N) is 2. The van der Waals surface area contributed by atoms with Gasteiger partial charge in [-0.3, -0.25) is 4.99 Å². The summed E-state index contributed by atoms with van der Waals surface area (Å²) in [6.45, 7) is 9.19. The van der Waals surface area contributed by atoms with E-state index in [4.69, 9.17) is 5.73 Å². The lowest BCUT2D eigenvalue weighted by Gasteiger charge is -2.22. The van der Waals surface area contributed by atoms with Crippen LogP contribution in [0, 0.1) is 0 Å². The van der Waals surface area contributed by atoms with Gasteiger partial charge in [-0.1, -0.05) is 78.1 Å². The summed E-state index contributed by atoms with van der Waals surface area (Å²) in [5, 5.41) is 3.17. The third-order valence-electron chi connectivity index (χ3n) is 4.85. The van der Waals surface area contributed by atoms with Gasteiger partial charge in [-0.05, 0) is 38.9 Å². The van der Waals surface area contributed by atoms with Crippen molar-refractivity contribution < 1.29 is 0 Å². The van der Waals surface area contributed by atoms with Gasteiger partial charge >= 0.3 is 0 Å². The molecule has 0 saturated carbocycles. The van der Waals surface area contributed by atoms with Gasteiger partial charge < -0.3 is 16.0 Å². The van der Waals surface area contributed by atoms with E-state index in [-0.39, 0.29) is 0 Å². The predicted octanol–water partition coefficient (Wildman–Crippen LogP) is 4.93. The second-order valence-corrected chi connectivity index (χ2v) is 7.27. The molecule has 0 saturated heterocycles. The van der Waals surface area contributed by atoms with Crippen LogP contribution in [0.3, 0.4) is 0 Å². The lowest BCUT2D eigenvalue weighted by molar-refractivity contribution is 0.257. The molecule has 0 spiro atoms. The van der Waals surface area contributed by atoms with Crippen LogP contribution >= 0.6 is 0 Å².